The molecule has 5 heteroatoms. The van der Waals surface area contributed by atoms with Gasteiger partial charge in [-0.15, -0.1) is 0 Å². The fraction of sp³-hybridized carbons (Fsp3) is 0. The van der Waals surface area contributed by atoms with Crippen molar-refractivity contribution < 1.29 is 19.8 Å². The smallest absolute Gasteiger partial charge is 0.328 e. The van der Waals surface area contributed by atoms with E-state index in [1.807, 2.05) is 0 Å². The molecular weight excluding hydrogens is 150 g/mol. The second kappa shape index (κ2) is 4.10. The Labute approximate surface area is 62.4 Å². The van der Waals surface area contributed by atoms with Crippen LogP contribution in [-0.2, 0) is 9.59 Å². The average Bonchev–Trinajstić information content (AvgIpc) is 1.86. The van der Waals surface area contributed by atoms with Crippen LogP contribution in [0.3, 0.4) is 0 Å². The van der Waals surface area contributed by atoms with Gasteiger partial charge in [0.1, 0.15) is 0 Å². The summed E-state index contributed by atoms with van der Waals surface area (Å²) in [5, 5.41) is 16.6. The number of amides is 1. The minimum atomic E-state index is -1.17. The van der Waals surface area contributed by atoms with Gasteiger partial charge in [-0.1, -0.05) is 6.08 Å². The van der Waals surface area contributed by atoms with Gasteiger partial charge in [0.05, 0.1) is 0 Å². The van der Waals surface area contributed by atoms with Crippen molar-refractivity contribution in [3.63, 3.8) is 0 Å². The molecule has 60 valence electrons. The molecule has 0 unspecified atom stereocenters. The zero-order valence-corrected chi connectivity index (χ0v) is 5.52. The van der Waals surface area contributed by atoms with Gasteiger partial charge >= 0.3 is 5.97 Å². The van der Waals surface area contributed by atoms with Crippen LogP contribution in [0.25, 0.3) is 0 Å². The second-order valence-electron chi connectivity index (χ2n) is 1.61. The molecule has 0 aliphatic rings. The number of aliphatic hydroxyl groups is 1. The van der Waals surface area contributed by atoms with Crippen molar-refractivity contribution in [3.05, 3.63) is 24.0 Å². The predicted molar refractivity (Wildman–Crippen MR) is 36.7 cm³/mol. The normalized spacial score (nSPS) is 11.8. The molecule has 0 rings (SSSR count). The number of carbonyl (C=O) groups excluding carboxylic acids is 1. The second-order valence-corrected chi connectivity index (χ2v) is 1.61. The summed E-state index contributed by atoms with van der Waals surface area (Å²) in [6.07, 6.45) is 2.66. The third-order valence-corrected chi connectivity index (χ3v) is 0.745. The van der Waals surface area contributed by atoms with Crippen molar-refractivity contribution in [2.45, 2.75) is 0 Å². The van der Waals surface area contributed by atoms with Crippen molar-refractivity contribution in [1.82, 2.24) is 0 Å². The van der Waals surface area contributed by atoms with Crippen LogP contribution in [-0.4, -0.2) is 22.1 Å². The Balaban J connectivity index is 4.13. The summed E-state index contributed by atoms with van der Waals surface area (Å²) < 4.78 is 0. The number of hydrogen-bond acceptors (Lipinski definition) is 3. The highest BCUT2D eigenvalue weighted by Gasteiger charge is 1.96. The molecule has 0 bridgehead atoms. The first kappa shape index (κ1) is 9.22. The molecule has 0 aromatic rings. The van der Waals surface area contributed by atoms with Gasteiger partial charge in [-0.2, -0.15) is 0 Å². The van der Waals surface area contributed by atoms with Crippen molar-refractivity contribution in [2.75, 3.05) is 0 Å². The van der Waals surface area contributed by atoms with Crippen LogP contribution < -0.4 is 5.73 Å². The third kappa shape index (κ3) is 4.71. The first-order valence-corrected chi connectivity index (χ1v) is 2.64. The molecule has 0 saturated carbocycles. The monoisotopic (exact) mass is 157 g/mol. The molecule has 0 spiro atoms. The van der Waals surface area contributed by atoms with E-state index in [2.05, 4.69) is 5.73 Å². The Morgan fingerprint density at radius 2 is 1.82 bits per heavy atom. The summed E-state index contributed by atoms with van der Waals surface area (Å²) in [5.41, 5.74) is 4.61. The largest absolute Gasteiger partial charge is 0.503 e. The van der Waals surface area contributed by atoms with E-state index in [-0.39, 0.29) is 0 Å². The van der Waals surface area contributed by atoms with Crippen LogP contribution in [0, 0.1) is 0 Å². The van der Waals surface area contributed by atoms with Crippen LogP contribution in [0.1, 0.15) is 0 Å². The fourth-order valence-electron chi connectivity index (χ4n) is 0.304. The Morgan fingerprint density at radius 3 is 2.18 bits per heavy atom. The van der Waals surface area contributed by atoms with Gasteiger partial charge < -0.3 is 15.9 Å². The number of aliphatic carboxylic acids is 1. The minimum Gasteiger partial charge on any atom is -0.503 e. The zero-order chi connectivity index (χ0) is 8.85. The lowest BCUT2D eigenvalue weighted by Gasteiger charge is -1.86. The van der Waals surface area contributed by atoms with Gasteiger partial charge in [0.2, 0.25) is 0 Å². The number of carbonyl (C=O) groups is 2. The molecule has 11 heavy (non-hydrogen) atoms. The molecule has 0 heterocycles. The molecule has 0 atom stereocenters. The first-order valence-electron chi connectivity index (χ1n) is 2.64. The minimum absolute atomic E-state index is 0.678. The summed E-state index contributed by atoms with van der Waals surface area (Å²) in [6, 6.07) is 0. The molecule has 0 aromatic heterocycles. The Hall–Kier alpha value is -1.78. The molecule has 0 aromatic carbocycles. The van der Waals surface area contributed by atoms with Crippen LogP contribution in [0.15, 0.2) is 24.0 Å². The van der Waals surface area contributed by atoms with Crippen molar-refractivity contribution >= 4 is 11.9 Å². The van der Waals surface area contributed by atoms with Crippen LogP contribution in [0.5, 0.6) is 0 Å². The lowest BCUT2D eigenvalue weighted by atomic mass is 10.4. The molecule has 0 saturated heterocycles. The number of hydrogen-bond donors (Lipinski definition) is 3. The molecule has 0 radical (unpaired) electrons. The highest BCUT2D eigenvalue weighted by atomic mass is 16.4. The van der Waals surface area contributed by atoms with E-state index in [0.29, 0.717) is 0 Å². The van der Waals surface area contributed by atoms with Crippen molar-refractivity contribution in [1.29, 1.82) is 0 Å². The summed E-state index contributed by atoms with van der Waals surface area (Å²) >= 11 is 0. The van der Waals surface area contributed by atoms with Crippen molar-refractivity contribution in [2.24, 2.45) is 5.73 Å². The van der Waals surface area contributed by atoms with Gasteiger partial charge in [-0.05, 0) is 6.08 Å². The number of carboxylic acids is 1. The van der Waals surface area contributed by atoms with E-state index in [0.717, 1.165) is 18.2 Å². The maximum atomic E-state index is 10.1. The van der Waals surface area contributed by atoms with Gasteiger partial charge in [-0.3, -0.25) is 4.79 Å². The lowest BCUT2D eigenvalue weighted by Crippen LogP contribution is -2.12. The maximum Gasteiger partial charge on any atom is 0.328 e. The maximum absolute atomic E-state index is 10.1. The number of aliphatic hydroxyl groups excluding tert-OH is 1. The lowest BCUT2D eigenvalue weighted by molar-refractivity contribution is -0.131. The topological polar surface area (TPSA) is 101 Å². The van der Waals surface area contributed by atoms with Crippen LogP contribution >= 0.6 is 0 Å². The molecule has 5 nitrogen and oxygen atoms in total. The number of allylic oxidation sites excluding steroid dienone is 2. The van der Waals surface area contributed by atoms with E-state index in [1.54, 1.807) is 0 Å². The Kier molecular flexibility index (Phi) is 3.44. The Morgan fingerprint density at radius 1 is 1.27 bits per heavy atom. The molecule has 0 aliphatic heterocycles. The van der Waals surface area contributed by atoms with Gasteiger partial charge in [0, 0.05) is 6.08 Å². The van der Waals surface area contributed by atoms with E-state index in [9.17, 15) is 9.59 Å². The predicted octanol–water partition coefficient (Wildman–Crippen LogP) is -0.446. The number of carboxylic acid groups (broad SMARTS) is 1. The third-order valence-electron chi connectivity index (χ3n) is 0.745. The standard InChI is InChI=1S/C6H7NO4/c7-6(11)4(8)2-1-3-5(9)10/h1-3,8H,(H2,7,11)(H,9,10)/b3-1+,4-2+. The summed E-state index contributed by atoms with van der Waals surface area (Å²) in [4.78, 5) is 19.9. The van der Waals surface area contributed by atoms with Gasteiger partial charge in [0.25, 0.3) is 5.91 Å². The molecule has 1 amide bonds. The van der Waals surface area contributed by atoms with E-state index in [1.165, 1.54) is 0 Å². The Bertz CT molecular complexity index is 229. The molecular formula is C6H7NO4. The summed E-state index contributed by atoms with van der Waals surface area (Å²) in [7, 11) is 0. The van der Waals surface area contributed by atoms with Gasteiger partial charge in [-0.25, -0.2) is 4.79 Å². The van der Waals surface area contributed by atoms with Crippen molar-refractivity contribution in [3.8, 4) is 0 Å². The average molecular weight is 157 g/mol. The quantitative estimate of drug-likeness (QED) is 0.293. The highest BCUT2D eigenvalue weighted by Crippen LogP contribution is 1.86. The molecule has 0 aliphatic carbocycles. The van der Waals surface area contributed by atoms with Gasteiger partial charge in [0.15, 0.2) is 5.76 Å². The SMILES string of the molecule is NC(=O)/C(O)=C\C=C\C(=O)O. The van der Waals surface area contributed by atoms with E-state index in [4.69, 9.17) is 10.2 Å². The number of rotatable bonds is 3. The first-order chi connectivity index (χ1) is 5.04. The molecule has 4 N–H and O–H groups in total. The van der Waals surface area contributed by atoms with E-state index >= 15 is 0 Å². The molecule has 0 fully saturated rings. The summed E-state index contributed by atoms with van der Waals surface area (Å²) in [6.45, 7) is 0. The number of primary amides is 1. The number of nitrogens with two attached hydrogens (primary N) is 1. The summed E-state index contributed by atoms with van der Waals surface area (Å²) in [5.74, 6) is -2.85. The van der Waals surface area contributed by atoms with Crippen LogP contribution in [0.2, 0.25) is 0 Å². The fourth-order valence-corrected chi connectivity index (χ4v) is 0.304. The zero-order valence-electron chi connectivity index (χ0n) is 5.52. The highest BCUT2D eigenvalue weighted by molar-refractivity contribution is 5.90. The van der Waals surface area contributed by atoms with Crippen LogP contribution in [0.4, 0.5) is 0 Å². The van der Waals surface area contributed by atoms with E-state index < -0.39 is 17.6 Å².